The van der Waals surface area contributed by atoms with Crippen LogP contribution >= 0.6 is 23.2 Å². The van der Waals surface area contributed by atoms with Gasteiger partial charge in [-0.1, -0.05) is 29.3 Å². The molecule has 0 aliphatic heterocycles. The van der Waals surface area contributed by atoms with Gasteiger partial charge < -0.3 is 10.4 Å². The lowest BCUT2D eigenvalue weighted by Gasteiger charge is -2.14. The normalized spacial score (nSPS) is 12.4. The summed E-state index contributed by atoms with van der Waals surface area (Å²) in [5.41, 5.74) is 1.79. The fourth-order valence-electron chi connectivity index (χ4n) is 1.74. The first-order valence-electron chi connectivity index (χ1n) is 5.89. The molecule has 3 nitrogen and oxygen atoms in total. The van der Waals surface area contributed by atoms with Gasteiger partial charge in [-0.25, -0.2) is 0 Å². The highest BCUT2D eigenvalue weighted by molar-refractivity contribution is 6.35. The molecule has 0 amide bonds. The van der Waals surface area contributed by atoms with Crippen molar-refractivity contribution in [2.45, 2.75) is 12.6 Å². The number of rotatable bonds is 5. The molecule has 2 aromatic rings. The molecule has 0 saturated carbocycles. The highest BCUT2D eigenvalue weighted by Gasteiger charge is 2.11. The minimum atomic E-state index is -0.661. The van der Waals surface area contributed by atoms with Crippen molar-refractivity contribution in [2.75, 3.05) is 6.54 Å². The summed E-state index contributed by atoms with van der Waals surface area (Å²) in [5, 5.41) is 14.3. The van der Waals surface area contributed by atoms with Gasteiger partial charge in [-0.3, -0.25) is 4.98 Å². The number of aliphatic hydroxyl groups is 1. The average Bonchev–Trinajstić information content (AvgIpc) is 2.39. The fourth-order valence-corrected chi connectivity index (χ4v) is 2.27. The molecule has 0 saturated heterocycles. The third kappa shape index (κ3) is 4.18. The van der Waals surface area contributed by atoms with Crippen molar-refractivity contribution < 1.29 is 5.11 Å². The number of hydrogen-bond donors (Lipinski definition) is 2. The topological polar surface area (TPSA) is 45.1 Å². The second-order valence-electron chi connectivity index (χ2n) is 4.17. The number of hydrogen-bond acceptors (Lipinski definition) is 3. The summed E-state index contributed by atoms with van der Waals surface area (Å²) in [6.45, 7) is 1.09. The molecule has 0 aliphatic rings. The maximum atomic E-state index is 10.1. The van der Waals surface area contributed by atoms with Gasteiger partial charge in [0.15, 0.2) is 0 Å². The van der Waals surface area contributed by atoms with Crippen LogP contribution in [-0.4, -0.2) is 16.6 Å². The maximum Gasteiger partial charge on any atom is 0.0928 e. The number of aromatic nitrogens is 1. The first-order valence-corrected chi connectivity index (χ1v) is 6.65. The van der Waals surface area contributed by atoms with E-state index in [1.165, 1.54) is 0 Å². The van der Waals surface area contributed by atoms with E-state index in [9.17, 15) is 5.11 Å². The van der Waals surface area contributed by atoms with Gasteiger partial charge in [-0.2, -0.15) is 0 Å². The molecule has 1 unspecified atom stereocenters. The largest absolute Gasteiger partial charge is 0.387 e. The van der Waals surface area contributed by atoms with Gasteiger partial charge in [-0.05, 0) is 29.8 Å². The highest BCUT2D eigenvalue weighted by atomic mass is 35.5. The molecular formula is C14H14Cl2N2O. The number of benzene rings is 1. The molecule has 0 bridgehead atoms. The summed E-state index contributed by atoms with van der Waals surface area (Å²) in [5.74, 6) is 0. The molecule has 5 heteroatoms. The lowest BCUT2D eigenvalue weighted by molar-refractivity contribution is 0.174. The van der Waals surface area contributed by atoms with E-state index in [0.717, 1.165) is 5.56 Å². The SMILES string of the molecule is OC(CNCc1ccncc1)c1ccc(Cl)cc1Cl. The van der Waals surface area contributed by atoms with E-state index in [2.05, 4.69) is 10.3 Å². The summed E-state index contributed by atoms with van der Waals surface area (Å²) >= 11 is 11.9. The van der Waals surface area contributed by atoms with E-state index in [-0.39, 0.29) is 0 Å². The molecule has 0 aliphatic carbocycles. The monoisotopic (exact) mass is 296 g/mol. The molecule has 0 spiro atoms. The molecule has 1 aromatic carbocycles. The minimum Gasteiger partial charge on any atom is -0.387 e. The first kappa shape index (κ1) is 14.3. The Hall–Kier alpha value is -1.13. The van der Waals surface area contributed by atoms with Crippen LogP contribution in [0.3, 0.4) is 0 Å². The molecule has 0 radical (unpaired) electrons. The van der Waals surface area contributed by atoms with Crippen molar-refractivity contribution in [1.29, 1.82) is 0 Å². The highest BCUT2D eigenvalue weighted by Crippen LogP contribution is 2.25. The first-order chi connectivity index (χ1) is 9.16. The van der Waals surface area contributed by atoms with E-state index in [1.807, 2.05) is 12.1 Å². The zero-order valence-electron chi connectivity index (χ0n) is 10.2. The van der Waals surface area contributed by atoms with Gasteiger partial charge in [0.2, 0.25) is 0 Å². The zero-order valence-corrected chi connectivity index (χ0v) is 11.7. The Kier molecular flexibility index (Phi) is 5.16. The van der Waals surface area contributed by atoms with Crippen LogP contribution in [0.5, 0.6) is 0 Å². The zero-order chi connectivity index (χ0) is 13.7. The predicted octanol–water partition coefficient (Wildman–Crippen LogP) is 3.21. The van der Waals surface area contributed by atoms with Crippen LogP contribution in [0, 0.1) is 0 Å². The quantitative estimate of drug-likeness (QED) is 0.890. The van der Waals surface area contributed by atoms with Crippen LogP contribution in [-0.2, 0) is 6.54 Å². The molecule has 100 valence electrons. The Balaban J connectivity index is 1.89. The Bertz CT molecular complexity index is 534. The van der Waals surface area contributed by atoms with Crippen LogP contribution in [0.25, 0.3) is 0 Å². The molecule has 19 heavy (non-hydrogen) atoms. The number of nitrogens with one attached hydrogen (secondary N) is 1. The van der Waals surface area contributed by atoms with Crippen LogP contribution in [0.4, 0.5) is 0 Å². The van der Waals surface area contributed by atoms with Crippen molar-refractivity contribution in [3.63, 3.8) is 0 Å². The summed E-state index contributed by atoms with van der Waals surface area (Å²) in [6, 6.07) is 8.94. The Morgan fingerprint density at radius 2 is 1.89 bits per heavy atom. The molecule has 0 fully saturated rings. The van der Waals surface area contributed by atoms with Crippen molar-refractivity contribution in [1.82, 2.24) is 10.3 Å². The Morgan fingerprint density at radius 1 is 1.16 bits per heavy atom. The van der Waals surface area contributed by atoms with Gasteiger partial charge in [0.1, 0.15) is 0 Å². The van der Waals surface area contributed by atoms with Gasteiger partial charge in [0.05, 0.1) is 6.10 Å². The number of nitrogens with zero attached hydrogens (tertiary/aromatic N) is 1. The predicted molar refractivity (Wildman–Crippen MR) is 77.4 cm³/mol. The van der Waals surface area contributed by atoms with E-state index in [0.29, 0.717) is 28.7 Å². The molecule has 2 N–H and O–H groups in total. The van der Waals surface area contributed by atoms with Crippen molar-refractivity contribution in [3.8, 4) is 0 Å². The minimum absolute atomic E-state index is 0.420. The van der Waals surface area contributed by atoms with E-state index in [1.54, 1.807) is 30.6 Å². The summed E-state index contributed by atoms with van der Waals surface area (Å²) < 4.78 is 0. The number of pyridine rings is 1. The van der Waals surface area contributed by atoms with Crippen molar-refractivity contribution in [3.05, 3.63) is 63.9 Å². The molecular weight excluding hydrogens is 283 g/mol. The Morgan fingerprint density at radius 3 is 2.58 bits per heavy atom. The maximum absolute atomic E-state index is 10.1. The summed E-state index contributed by atoms with van der Waals surface area (Å²) in [7, 11) is 0. The Labute approximate surface area is 122 Å². The fraction of sp³-hybridized carbons (Fsp3) is 0.214. The molecule has 1 heterocycles. The van der Waals surface area contributed by atoms with Crippen molar-refractivity contribution >= 4 is 23.2 Å². The number of halogens is 2. The van der Waals surface area contributed by atoms with E-state index >= 15 is 0 Å². The van der Waals surface area contributed by atoms with Crippen LogP contribution < -0.4 is 5.32 Å². The molecule has 1 atom stereocenters. The summed E-state index contributed by atoms with van der Waals surface area (Å²) in [4.78, 5) is 3.95. The summed E-state index contributed by atoms with van der Waals surface area (Å²) in [6.07, 6.45) is 2.82. The second kappa shape index (κ2) is 6.87. The average molecular weight is 297 g/mol. The van der Waals surface area contributed by atoms with E-state index < -0.39 is 6.10 Å². The van der Waals surface area contributed by atoms with Crippen molar-refractivity contribution in [2.24, 2.45) is 0 Å². The third-order valence-electron chi connectivity index (χ3n) is 2.74. The standard InChI is InChI=1S/C14H14Cl2N2O/c15-11-1-2-12(13(16)7-11)14(19)9-18-8-10-3-5-17-6-4-10/h1-7,14,18-19H,8-9H2. The van der Waals surface area contributed by atoms with Gasteiger partial charge >= 0.3 is 0 Å². The molecule has 1 aromatic heterocycles. The van der Waals surface area contributed by atoms with Crippen LogP contribution in [0.1, 0.15) is 17.2 Å². The molecule has 2 rings (SSSR count). The second-order valence-corrected chi connectivity index (χ2v) is 5.01. The third-order valence-corrected chi connectivity index (χ3v) is 3.30. The van der Waals surface area contributed by atoms with Crippen LogP contribution in [0.2, 0.25) is 10.0 Å². The smallest absolute Gasteiger partial charge is 0.0928 e. The lowest BCUT2D eigenvalue weighted by atomic mass is 10.1. The van der Waals surface area contributed by atoms with E-state index in [4.69, 9.17) is 23.2 Å². The number of aliphatic hydroxyl groups excluding tert-OH is 1. The van der Waals surface area contributed by atoms with Crippen LogP contribution in [0.15, 0.2) is 42.7 Å². The lowest BCUT2D eigenvalue weighted by Crippen LogP contribution is -2.21. The van der Waals surface area contributed by atoms with Gasteiger partial charge in [0, 0.05) is 41.1 Å². The van der Waals surface area contributed by atoms with Gasteiger partial charge in [-0.15, -0.1) is 0 Å². The van der Waals surface area contributed by atoms with Gasteiger partial charge in [0.25, 0.3) is 0 Å².